The van der Waals surface area contributed by atoms with E-state index >= 15 is 0 Å². The number of hydrogen-bond acceptors (Lipinski definition) is 5. The number of rotatable bonds is 8. The van der Waals surface area contributed by atoms with Gasteiger partial charge in [-0.1, -0.05) is 47.7 Å². The van der Waals surface area contributed by atoms with E-state index in [1.165, 1.54) is 4.70 Å². The Morgan fingerprint density at radius 2 is 1.78 bits per heavy atom. The van der Waals surface area contributed by atoms with E-state index in [2.05, 4.69) is 79.8 Å². The summed E-state index contributed by atoms with van der Waals surface area (Å²) in [6.45, 7) is 1.69. The molecule has 0 spiro atoms. The molecule has 2 unspecified atom stereocenters. The third-order valence-corrected chi connectivity index (χ3v) is 7.84. The Morgan fingerprint density at radius 3 is 2.61 bits per heavy atom. The van der Waals surface area contributed by atoms with Gasteiger partial charge in [-0.2, -0.15) is 0 Å². The normalized spacial score (nSPS) is 17.4. The number of hydrogen-bond donors (Lipinski definition) is 2. The molecule has 2 aromatic carbocycles. The summed E-state index contributed by atoms with van der Waals surface area (Å²) in [6, 6.07) is 28.8. The number of fused-ring (bicyclic) bond motifs is 1. The lowest BCUT2D eigenvalue weighted by molar-refractivity contribution is 0.307. The third-order valence-electron chi connectivity index (χ3n) is 6.45. The minimum absolute atomic E-state index is 0.00821. The van der Waals surface area contributed by atoms with Gasteiger partial charge in [-0.05, 0) is 67.2 Å². The van der Waals surface area contributed by atoms with Crippen LogP contribution in [0.1, 0.15) is 29.9 Å². The number of anilines is 1. The SMILES string of the molecule is S=C1NC(c2ccccn2)C(c2cccn2-c2nc3ccccc3s2)N1CCCNc1ccccc1. The zero-order chi connectivity index (χ0) is 24.3. The molecule has 0 radical (unpaired) electrons. The van der Waals surface area contributed by atoms with Crippen LogP contribution in [0, 0.1) is 0 Å². The van der Waals surface area contributed by atoms with E-state index in [0.717, 1.165) is 52.3 Å². The fourth-order valence-corrected chi connectivity index (χ4v) is 6.08. The van der Waals surface area contributed by atoms with Crippen LogP contribution in [0.3, 0.4) is 0 Å². The highest BCUT2D eigenvalue weighted by molar-refractivity contribution is 7.80. The summed E-state index contributed by atoms with van der Waals surface area (Å²) in [4.78, 5) is 11.9. The molecule has 5 aromatic rings. The van der Waals surface area contributed by atoms with Crippen molar-refractivity contribution in [2.24, 2.45) is 0 Å². The molecule has 3 aromatic heterocycles. The van der Waals surface area contributed by atoms with Gasteiger partial charge in [-0.3, -0.25) is 9.55 Å². The predicted octanol–water partition coefficient (Wildman–Crippen LogP) is 5.96. The molecule has 6 rings (SSSR count). The minimum Gasteiger partial charge on any atom is -0.385 e. The maximum absolute atomic E-state index is 5.87. The average molecular weight is 511 g/mol. The lowest BCUT2D eigenvalue weighted by Gasteiger charge is -2.28. The maximum atomic E-state index is 5.87. The number of nitrogens with one attached hydrogen (secondary N) is 2. The first-order chi connectivity index (χ1) is 17.8. The zero-order valence-electron chi connectivity index (χ0n) is 19.6. The van der Waals surface area contributed by atoms with E-state index in [-0.39, 0.29) is 12.1 Å². The Bertz CT molecular complexity index is 1430. The second-order valence-electron chi connectivity index (χ2n) is 8.73. The number of pyridine rings is 1. The van der Waals surface area contributed by atoms with E-state index in [4.69, 9.17) is 17.2 Å². The number of para-hydroxylation sites is 2. The van der Waals surface area contributed by atoms with Crippen molar-refractivity contribution in [3.63, 3.8) is 0 Å². The van der Waals surface area contributed by atoms with E-state index in [1.807, 2.05) is 42.6 Å². The summed E-state index contributed by atoms with van der Waals surface area (Å²) < 4.78 is 3.38. The summed E-state index contributed by atoms with van der Waals surface area (Å²) in [5, 5.41) is 8.79. The Labute approximate surface area is 219 Å². The zero-order valence-corrected chi connectivity index (χ0v) is 21.3. The summed E-state index contributed by atoms with van der Waals surface area (Å²) in [7, 11) is 0. The Morgan fingerprint density at radius 1 is 0.944 bits per heavy atom. The number of benzene rings is 2. The van der Waals surface area contributed by atoms with Gasteiger partial charge in [0.25, 0.3) is 0 Å². The molecule has 8 heteroatoms. The molecule has 1 aliphatic rings. The second kappa shape index (κ2) is 10.1. The second-order valence-corrected chi connectivity index (χ2v) is 10.1. The van der Waals surface area contributed by atoms with Crippen LogP contribution in [0.15, 0.2) is 97.3 Å². The van der Waals surface area contributed by atoms with Gasteiger partial charge in [0.1, 0.15) is 0 Å². The molecule has 4 heterocycles. The summed E-state index contributed by atoms with van der Waals surface area (Å²) in [5.74, 6) is 0. The molecule has 1 aliphatic heterocycles. The van der Waals surface area contributed by atoms with Gasteiger partial charge in [0, 0.05) is 31.2 Å². The van der Waals surface area contributed by atoms with E-state index in [9.17, 15) is 0 Å². The molecule has 6 nitrogen and oxygen atoms in total. The summed E-state index contributed by atoms with van der Waals surface area (Å²) in [6.07, 6.45) is 4.89. The lowest BCUT2D eigenvalue weighted by atomic mass is 10.0. The molecule has 0 saturated carbocycles. The van der Waals surface area contributed by atoms with Crippen LogP contribution >= 0.6 is 23.6 Å². The van der Waals surface area contributed by atoms with Crippen LogP contribution in [-0.4, -0.2) is 37.6 Å². The highest BCUT2D eigenvalue weighted by atomic mass is 32.1. The average Bonchev–Trinajstić information content (AvgIpc) is 3.64. The predicted molar refractivity (Wildman–Crippen MR) is 151 cm³/mol. The Balaban J connectivity index is 1.31. The van der Waals surface area contributed by atoms with Crippen LogP contribution in [-0.2, 0) is 0 Å². The van der Waals surface area contributed by atoms with Crippen LogP contribution in [0.5, 0.6) is 0 Å². The van der Waals surface area contributed by atoms with Gasteiger partial charge >= 0.3 is 0 Å². The molecule has 0 aliphatic carbocycles. The number of thiazole rings is 1. The quantitative estimate of drug-likeness (QED) is 0.199. The van der Waals surface area contributed by atoms with E-state index in [0.29, 0.717) is 0 Å². The molecule has 36 heavy (non-hydrogen) atoms. The monoisotopic (exact) mass is 510 g/mol. The molecule has 1 saturated heterocycles. The van der Waals surface area contributed by atoms with Crippen molar-refractivity contribution in [1.29, 1.82) is 0 Å². The first-order valence-corrected chi connectivity index (χ1v) is 13.3. The number of aromatic nitrogens is 3. The highest BCUT2D eigenvalue weighted by Gasteiger charge is 2.41. The molecule has 2 atom stereocenters. The Hall–Kier alpha value is -3.75. The molecule has 2 N–H and O–H groups in total. The van der Waals surface area contributed by atoms with Crippen molar-refractivity contribution < 1.29 is 0 Å². The molecule has 1 fully saturated rings. The molecule has 180 valence electrons. The summed E-state index contributed by atoms with van der Waals surface area (Å²) >= 11 is 7.57. The van der Waals surface area contributed by atoms with Gasteiger partial charge < -0.3 is 15.5 Å². The van der Waals surface area contributed by atoms with Gasteiger partial charge in [0.15, 0.2) is 10.2 Å². The van der Waals surface area contributed by atoms with Gasteiger partial charge in [-0.25, -0.2) is 4.98 Å². The van der Waals surface area contributed by atoms with Crippen molar-refractivity contribution in [2.75, 3.05) is 18.4 Å². The maximum Gasteiger partial charge on any atom is 0.194 e. The van der Waals surface area contributed by atoms with Crippen molar-refractivity contribution in [1.82, 2.24) is 24.8 Å². The van der Waals surface area contributed by atoms with E-state index < -0.39 is 0 Å². The van der Waals surface area contributed by atoms with Crippen molar-refractivity contribution in [2.45, 2.75) is 18.5 Å². The molecule has 0 bridgehead atoms. The molecular weight excluding hydrogens is 484 g/mol. The standard InChI is InChI=1S/C28H26N6S2/c35-27-32-25(22-13-6-7-16-30-22)26(34(27)19-9-17-29-20-10-2-1-3-11-20)23-14-8-18-33(23)28-31-21-12-4-5-15-24(21)36-28/h1-8,10-16,18,25-26,29H,9,17,19H2,(H,32,35). The molecule has 0 amide bonds. The first kappa shape index (κ1) is 22.7. The molecular formula is C28H26N6S2. The van der Waals surface area contributed by atoms with Gasteiger partial charge in [0.05, 0.1) is 33.7 Å². The lowest BCUT2D eigenvalue weighted by Crippen LogP contribution is -2.32. The fraction of sp³-hybridized carbons (Fsp3) is 0.179. The van der Waals surface area contributed by atoms with E-state index in [1.54, 1.807) is 11.3 Å². The van der Waals surface area contributed by atoms with Crippen molar-refractivity contribution in [3.8, 4) is 5.13 Å². The highest BCUT2D eigenvalue weighted by Crippen LogP contribution is 2.40. The first-order valence-electron chi connectivity index (χ1n) is 12.1. The fourth-order valence-electron chi connectivity index (χ4n) is 4.78. The smallest absolute Gasteiger partial charge is 0.194 e. The van der Waals surface area contributed by atoms with Crippen LogP contribution in [0.2, 0.25) is 0 Å². The van der Waals surface area contributed by atoms with Crippen molar-refractivity contribution in [3.05, 3.63) is 109 Å². The van der Waals surface area contributed by atoms with Crippen molar-refractivity contribution >= 4 is 44.6 Å². The van der Waals surface area contributed by atoms with Crippen LogP contribution in [0.25, 0.3) is 15.3 Å². The van der Waals surface area contributed by atoms with Gasteiger partial charge in [-0.15, -0.1) is 0 Å². The van der Waals surface area contributed by atoms with Crippen LogP contribution in [0.4, 0.5) is 5.69 Å². The topological polar surface area (TPSA) is 58.0 Å². The summed E-state index contributed by atoms with van der Waals surface area (Å²) in [5.41, 5.74) is 4.27. The Kier molecular flexibility index (Phi) is 6.36. The number of thiocarbonyl (C=S) groups is 1. The van der Waals surface area contributed by atoms with Crippen LogP contribution < -0.4 is 10.6 Å². The van der Waals surface area contributed by atoms with Gasteiger partial charge in [0.2, 0.25) is 0 Å². The minimum atomic E-state index is -0.0520. The largest absolute Gasteiger partial charge is 0.385 e. The third kappa shape index (κ3) is 4.45. The number of nitrogens with zero attached hydrogens (tertiary/aromatic N) is 4.